The first-order valence-corrected chi connectivity index (χ1v) is 21.8. The van der Waals surface area contributed by atoms with Crippen LogP contribution in [0.5, 0.6) is 0 Å². The largest absolute Gasteiger partial charge is 0.310 e. The smallest absolute Gasteiger partial charge is 0.0783 e. The number of anilines is 6. The lowest BCUT2D eigenvalue weighted by molar-refractivity contribution is 0.719. The molecule has 2 nitrogen and oxygen atoms in total. The highest BCUT2D eigenvalue weighted by Gasteiger charge is 2.52. The summed E-state index contributed by atoms with van der Waals surface area (Å²) in [6.07, 6.45) is 0. The molecule has 0 N–H and O–H groups in total. The number of benzene rings is 10. The van der Waals surface area contributed by atoms with Gasteiger partial charge in [-0.1, -0.05) is 194 Å². The Morgan fingerprint density at radius 3 is 1.00 bits per heavy atom. The number of nitrogens with zero attached hydrogens (tertiary/aromatic N) is 2. The minimum Gasteiger partial charge on any atom is -0.310 e. The Morgan fingerprint density at radius 2 is 0.540 bits per heavy atom. The first-order valence-electron chi connectivity index (χ1n) is 21.8. The molecule has 0 radical (unpaired) electrons. The predicted molar refractivity (Wildman–Crippen MR) is 263 cm³/mol. The van der Waals surface area contributed by atoms with Gasteiger partial charge in [-0.3, -0.25) is 0 Å². The normalized spacial score (nSPS) is 13.1. The highest BCUT2D eigenvalue weighted by molar-refractivity contribution is 5.98. The molecule has 10 aromatic rings. The van der Waals surface area contributed by atoms with Crippen LogP contribution >= 0.6 is 0 Å². The quantitative estimate of drug-likeness (QED) is 0.165. The molecule has 0 saturated carbocycles. The van der Waals surface area contributed by atoms with Gasteiger partial charge in [-0.25, -0.2) is 0 Å². The summed E-state index contributed by atoms with van der Waals surface area (Å²) in [6.45, 7) is 0. The second-order valence-corrected chi connectivity index (χ2v) is 16.5. The summed E-state index contributed by atoms with van der Waals surface area (Å²) >= 11 is 0. The average molecular weight is 803 g/mol. The van der Waals surface area contributed by atoms with Crippen LogP contribution in [-0.2, 0) is 5.41 Å². The first kappa shape index (κ1) is 36.6. The molecule has 0 fully saturated rings. The van der Waals surface area contributed by atoms with Gasteiger partial charge in [0.25, 0.3) is 0 Å². The summed E-state index contributed by atoms with van der Waals surface area (Å²) in [5, 5.41) is 0. The molecule has 0 atom stereocenters. The van der Waals surface area contributed by atoms with E-state index in [9.17, 15) is 0 Å². The topological polar surface area (TPSA) is 6.48 Å². The minimum atomic E-state index is -0.666. The van der Waals surface area contributed by atoms with Crippen LogP contribution in [0.1, 0.15) is 22.3 Å². The van der Waals surface area contributed by atoms with Gasteiger partial charge in [0, 0.05) is 11.4 Å². The molecule has 0 aromatic heterocycles. The van der Waals surface area contributed by atoms with Crippen molar-refractivity contribution < 1.29 is 0 Å². The summed E-state index contributed by atoms with van der Waals surface area (Å²) in [7, 11) is 0. The van der Waals surface area contributed by atoms with Crippen molar-refractivity contribution in [1.82, 2.24) is 0 Å². The second-order valence-electron chi connectivity index (χ2n) is 16.5. The zero-order chi connectivity index (χ0) is 41.7. The third-order valence-electron chi connectivity index (χ3n) is 13.0. The number of fused-ring (bicyclic) bond motifs is 8. The third-order valence-corrected chi connectivity index (χ3v) is 13.0. The molecule has 10 aromatic carbocycles. The lowest BCUT2D eigenvalue weighted by Crippen LogP contribution is -2.42. The number of para-hydroxylation sites is 3. The van der Waals surface area contributed by atoms with E-state index >= 15 is 0 Å². The number of rotatable bonds is 6. The zero-order valence-electron chi connectivity index (χ0n) is 34.6. The van der Waals surface area contributed by atoms with Gasteiger partial charge in [-0.05, 0) is 127 Å². The first-order chi connectivity index (χ1) is 31.3. The SMILES string of the molecule is c1ccc(-c2ccc(N3c4ccccc4C4(c5ccccc53)c3ccccc3N(c3cc(-c5ccccc5)cc(-c5ccccc5)c3)c3ccc(-c5ccccc5)cc34)cc2)cc1. The van der Waals surface area contributed by atoms with Crippen molar-refractivity contribution in [2.45, 2.75) is 5.41 Å². The highest BCUT2D eigenvalue weighted by Crippen LogP contribution is 2.64. The van der Waals surface area contributed by atoms with Crippen LogP contribution < -0.4 is 9.80 Å². The van der Waals surface area contributed by atoms with Gasteiger partial charge >= 0.3 is 0 Å². The van der Waals surface area contributed by atoms with Crippen molar-refractivity contribution in [3.05, 3.63) is 277 Å². The second kappa shape index (κ2) is 15.1. The molecule has 2 heterocycles. The van der Waals surface area contributed by atoms with Gasteiger partial charge in [0.15, 0.2) is 0 Å². The molecule has 0 unspecified atom stereocenters. The summed E-state index contributed by atoms with van der Waals surface area (Å²) in [5.41, 5.74) is 20.7. The number of hydrogen-bond donors (Lipinski definition) is 0. The van der Waals surface area contributed by atoms with Crippen molar-refractivity contribution >= 4 is 34.1 Å². The van der Waals surface area contributed by atoms with Gasteiger partial charge in [0.1, 0.15) is 0 Å². The van der Waals surface area contributed by atoms with Gasteiger partial charge in [-0.15, -0.1) is 0 Å². The lowest BCUT2D eigenvalue weighted by atomic mass is 9.60. The zero-order valence-corrected chi connectivity index (χ0v) is 34.6. The maximum atomic E-state index is 2.52. The summed E-state index contributed by atoms with van der Waals surface area (Å²) in [4.78, 5) is 4.99. The van der Waals surface area contributed by atoms with Crippen LogP contribution in [0, 0.1) is 0 Å². The fraction of sp³-hybridized carbons (Fsp3) is 0.0164. The van der Waals surface area contributed by atoms with E-state index < -0.39 is 5.41 Å². The van der Waals surface area contributed by atoms with Crippen LogP contribution in [0.3, 0.4) is 0 Å². The third kappa shape index (κ3) is 5.95. The molecule has 1 spiro atoms. The molecular formula is C61H42N2. The average Bonchev–Trinajstić information content (AvgIpc) is 3.37. The van der Waals surface area contributed by atoms with Gasteiger partial charge in [0.05, 0.1) is 28.2 Å². The van der Waals surface area contributed by atoms with Gasteiger partial charge in [-0.2, -0.15) is 0 Å². The van der Waals surface area contributed by atoms with Crippen LogP contribution in [-0.4, -0.2) is 0 Å². The minimum absolute atomic E-state index is 0.666. The Morgan fingerprint density at radius 1 is 0.206 bits per heavy atom. The van der Waals surface area contributed by atoms with Crippen LogP contribution in [0.15, 0.2) is 255 Å². The van der Waals surface area contributed by atoms with E-state index in [1.54, 1.807) is 0 Å². The fourth-order valence-electron chi connectivity index (χ4n) is 10.3. The van der Waals surface area contributed by atoms with E-state index in [0.29, 0.717) is 0 Å². The van der Waals surface area contributed by atoms with E-state index in [4.69, 9.17) is 0 Å². The summed E-state index contributed by atoms with van der Waals surface area (Å²) < 4.78 is 0. The predicted octanol–water partition coefficient (Wildman–Crippen LogP) is 16.3. The van der Waals surface area contributed by atoms with E-state index in [1.807, 2.05) is 0 Å². The van der Waals surface area contributed by atoms with Crippen molar-refractivity contribution in [2.75, 3.05) is 9.80 Å². The number of hydrogen-bond acceptors (Lipinski definition) is 2. The molecule has 2 aliphatic rings. The molecule has 0 saturated heterocycles. The van der Waals surface area contributed by atoms with Crippen LogP contribution in [0.25, 0.3) is 44.5 Å². The van der Waals surface area contributed by atoms with E-state index in [1.165, 1.54) is 78.1 Å². The summed E-state index contributed by atoms with van der Waals surface area (Å²) in [5.74, 6) is 0. The fourth-order valence-corrected chi connectivity index (χ4v) is 10.3. The standard InChI is InChI=1S/C61H42N2/c1-5-19-43(20-6-1)47-33-36-51(37-34-47)62-57-30-16-13-27-53(57)61(54-28-14-17-31-58(54)62)55-29-15-18-32-59(55)63(60-38-35-48(42-56(60)61)44-21-7-2-8-22-44)52-40-49(45-23-9-3-10-24-45)39-50(41-52)46-25-11-4-12-26-46/h1-42H. The Hall–Kier alpha value is -8.20. The van der Waals surface area contributed by atoms with Gasteiger partial charge < -0.3 is 9.80 Å². The van der Waals surface area contributed by atoms with Crippen LogP contribution in [0.4, 0.5) is 34.1 Å². The monoisotopic (exact) mass is 802 g/mol. The maximum Gasteiger partial charge on any atom is 0.0783 e. The molecular weight excluding hydrogens is 761 g/mol. The molecule has 0 aliphatic carbocycles. The van der Waals surface area contributed by atoms with Crippen molar-refractivity contribution in [2.24, 2.45) is 0 Å². The molecule has 0 bridgehead atoms. The van der Waals surface area contributed by atoms with Crippen molar-refractivity contribution in [3.8, 4) is 44.5 Å². The molecule has 296 valence electrons. The molecule has 0 amide bonds. The highest BCUT2D eigenvalue weighted by atomic mass is 15.2. The Bertz CT molecular complexity index is 3160. The van der Waals surface area contributed by atoms with E-state index in [-0.39, 0.29) is 0 Å². The summed E-state index contributed by atoms with van der Waals surface area (Å²) in [6, 6.07) is 93.6. The maximum absolute atomic E-state index is 2.52. The molecule has 2 aliphatic heterocycles. The molecule has 2 heteroatoms. The van der Waals surface area contributed by atoms with E-state index in [0.717, 1.165) is 22.7 Å². The Labute approximate surface area is 369 Å². The van der Waals surface area contributed by atoms with Gasteiger partial charge in [0.2, 0.25) is 0 Å². The van der Waals surface area contributed by atoms with Crippen molar-refractivity contribution in [1.29, 1.82) is 0 Å². The molecule has 63 heavy (non-hydrogen) atoms. The molecule has 12 rings (SSSR count). The lowest BCUT2D eigenvalue weighted by Gasteiger charge is -2.51. The Balaban J connectivity index is 1.14. The van der Waals surface area contributed by atoms with E-state index in [2.05, 4.69) is 265 Å². The van der Waals surface area contributed by atoms with Crippen molar-refractivity contribution in [3.63, 3.8) is 0 Å². The Kier molecular flexibility index (Phi) is 8.76. The van der Waals surface area contributed by atoms with Crippen LogP contribution in [0.2, 0.25) is 0 Å².